The first-order valence-corrected chi connectivity index (χ1v) is 6.79. The smallest absolute Gasteiger partial charge is 0.163 e. The molecule has 4 heteroatoms. The predicted octanol–water partition coefficient (Wildman–Crippen LogP) is 2.12. The normalized spacial score (nSPS) is 18.4. The highest BCUT2D eigenvalue weighted by Crippen LogP contribution is 2.26. The Morgan fingerprint density at radius 3 is 2.63 bits per heavy atom. The number of hydrogen-bond donors (Lipinski definition) is 1. The van der Waals surface area contributed by atoms with Crippen molar-refractivity contribution < 1.29 is 5.11 Å². The monoisotopic (exact) mass is 257 g/mol. The summed E-state index contributed by atoms with van der Waals surface area (Å²) in [5.41, 5.74) is 3.60. The maximum atomic E-state index is 9.35. The maximum absolute atomic E-state index is 9.35. The van der Waals surface area contributed by atoms with Gasteiger partial charge in [-0.2, -0.15) is 0 Å². The number of fused-ring (bicyclic) bond motifs is 1. The maximum Gasteiger partial charge on any atom is 0.163 e. The average Bonchev–Trinajstić information content (AvgIpc) is 2.80. The van der Waals surface area contributed by atoms with Gasteiger partial charge in [-0.15, -0.1) is 10.2 Å². The third-order valence-corrected chi connectivity index (χ3v) is 3.78. The second-order valence-electron chi connectivity index (χ2n) is 5.51. The number of aryl methyl sites for hydroxylation is 3. The zero-order valence-electron chi connectivity index (χ0n) is 11.4. The molecule has 0 saturated carbocycles. The van der Waals surface area contributed by atoms with E-state index in [4.69, 9.17) is 0 Å². The van der Waals surface area contributed by atoms with Gasteiger partial charge in [0, 0.05) is 31.1 Å². The van der Waals surface area contributed by atoms with Crippen molar-refractivity contribution in [2.75, 3.05) is 6.61 Å². The summed E-state index contributed by atoms with van der Waals surface area (Å²) in [7, 11) is 0. The van der Waals surface area contributed by atoms with E-state index >= 15 is 0 Å². The molecule has 1 atom stereocenters. The van der Waals surface area contributed by atoms with Crippen LogP contribution in [-0.2, 0) is 13.0 Å². The topological polar surface area (TPSA) is 50.9 Å². The standard InChI is InChI=1S/C15H19N3O/c1-10-5-11(2)7-13(6-10)15-17-16-14-4-3-12(9-19)8-18(14)15/h5-7,12,19H,3-4,8-9H2,1-2H3. The van der Waals surface area contributed by atoms with Crippen LogP contribution in [0.15, 0.2) is 18.2 Å². The lowest BCUT2D eigenvalue weighted by Crippen LogP contribution is -2.23. The van der Waals surface area contributed by atoms with E-state index in [1.165, 1.54) is 11.1 Å². The largest absolute Gasteiger partial charge is 0.396 e. The number of rotatable bonds is 2. The Bertz CT molecular complexity index is 583. The highest BCUT2D eigenvalue weighted by molar-refractivity contribution is 5.58. The van der Waals surface area contributed by atoms with Crippen molar-refractivity contribution in [3.05, 3.63) is 35.2 Å². The summed E-state index contributed by atoms with van der Waals surface area (Å²) in [4.78, 5) is 0. The van der Waals surface area contributed by atoms with Gasteiger partial charge in [0.05, 0.1) is 0 Å². The van der Waals surface area contributed by atoms with Crippen LogP contribution in [0.3, 0.4) is 0 Å². The molecule has 2 heterocycles. The minimum Gasteiger partial charge on any atom is -0.396 e. The summed E-state index contributed by atoms with van der Waals surface area (Å²) in [6, 6.07) is 6.45. The van der Waals surface area contributed by atoms with Crippen LogP contribution >= 0.6 is 0 Å². The summed E-state index contributed by atoms with van der Waals surface area (Å²) in [6.07, 6.45) is 1.91. The number of aliphatic hydroxyl groups excluding tert-OH is 1. The number of benzene rings is 1. The van der Waals surface area contributed by atoms with Crippen molar-refractivity contribution >= 4 is 0 Å². The Labute approximate surface area is 113 Å². The van der Waals surface area contributed by atoms with Gasteiger partial charge < -0.3 is 9.67 Å². The van der Waals surface area contributed by atoms with E-state index in [1.54, 1.807) is 0 Å². The van der Waals surface area contributed by atoms with Crippen LogP contribution in [0.2, 0.25) is 0 Å². The first-order valence-electron chi connectivity index (χ1n) is 6.79. The fourth-order valence-electron chi connectivity index (χ4n) is 2.86. The first kappa shape index (κ1) is 12.4. The Morgan fingerprint density at radius 2 is 1.95 bits per heavy atom. The lowest BCUT2D eigenvalue weighted by atomic mass is 10.00. The number of hydrogen-bond acceptors (Lipinski definition) is 3. The average molecular weight is 257 g/mol. The molecule has 1 aliphatic rings. The Morgan fingerprint density at radius 1 is 1.21 bits per heavy atom. The summed E-state index contributed by atoms with van der Waals surface area (Å²) in [6.45, 7) is 5.26. The molecule has 1 unspecified atom stereocenters. The van der Waals surface area contributed by atoms with Gasteiger partial charge in [-0.05, 0) is 32.4 Å². The zero-order valence-corrected chi connectivity index (χ0v) is 11.4. The van der Waals surface area contributed by atoms with Gasteiger partial charge in [0.15, 0.2) is 5.82 Å². The Balaban J connectivity index is 2.04. The molecule has 1 aromatic heterocycles. The van der Waals surface area contributed by atoms with Crippen LogP contribution in [0.1, 0.15) is 23.4 Å². The van der Waals surface area contributed by atoms with Crippen LogP contribution in [0.25, 0.3) is 11.4 Å². The number of aromatic nitrogens is 3. The molecule has 0 radical (unpaired) electrons. The van der Waals surface area contributed by atoms with Crippen LogP contribution in [-0.4, -0.2) is 26.5 Å². The van der Waals surface area contributed by atoms with Gasteiger partial charge >= 0.3 is 0 Å². The Hall–Kier alpha value is -1.68. The third-order valence-electron chi connectivity index (χ3n) is 3.78. The van der Waals surface area contributed by atoms with E-state index in [-0.39, 0.29) is 6.61 Å². The summed E-state index contributed by atoms with van der Waals surface area (Å²) < 4.78 is 2.17. The lowest BCUT2D eigenvalue weighted by Gasteiger charge is -2.22. The van der Waals surface area contributed by atoms with Gasteiger partial charge in [-0.1, -0.05) is 17.2 Å². The highest BCUT2D eigenvalue weighted by Gasteiger charge is 2.23. The van der Waals surface area contributed by atoms with Crippen molar-refractivity contribution in [3.8, 4) is 11.4 Å². The zero-order chi connectivity index (χ0) is 13.4. The van der Waals surface area contributed by atoms with E-state index in [1.807, 2.05) is 0 Å². The molecular weight excluding hydrogens is 238 g/mol. The molecule has 3 rings (SSSR count). The highest BCUT2D eigenvalue weighted by atomic mass is 16.3. The van der Waals surface area contributed by atoms with Crippen LogP contribution < -0.4 is 0 Å². The Kier molecular flexibility index (Phi) is 3.11. The molecule has 1 N–H and O–H groups in total. The van der Waals surface area contributed by atoms with Crippen molar-refractivity contribution in [2.24, 2.45) is 5.92 Å². The van der Waals surface area contributed by atoms with Gasteiger partial charge in [0.1, 0.15) is 5.82 Å². The van der Waals surface area contributed by atoms with E-state index in [9.17, 15) is 5.11 Å². The fraction of sp³-hybridized carbons (Fsp3) is 0.467. The van der Waals surface area contributed by atoms with Crippen LogP contribution in [0.5, 0.6) is 0 Å². The molecule has 1 aliphatic heterocycles. The SMILES string of the molecule is Cc1cc(C)cc(-c2nnc3n2CC(CO)CC3)c1. The minimum absolute atomic E-state index is 0.240. The molecule has 2 aromatic rings. The predicted molar refractivity (Wildman–Crippen MR) is 73.8 cm³/mol. The summed E-state index contributed by atoms with van der Waals surface area (Å²) in [5, 5.41) is 18.0. The molecule has 0 spiro atoms. The second kappa shape index (κ2) is 4.78. The lowest BCUT2D eigenvalue weighted by molar-refractivity contribution is 0.191. The van der Waals surface area contributed by atoms with Gasteiger partial charge in [-0.25, -0.2) is 0 Å². The van der Waals surface area contributed by atoms with Gasteiger partial charge in [0.25, 0.3) is 0 Å². The molecular formula is C15H19N3O. The molecule has 0 amide bonds. The van der Waals surface area contributed by atoms with Gasteiger partial charge in [0.2, 0.25) is 0 Å². The molecule has 4 nitrogen and oxygen atoms in total. The summed E-state index contributed by atoms with van der Waals surface area (Å²) in [5.74, 6) is 2.30. The second-order valence-corrected chi connectivity index (χ2v) is 5.51. The minimum atomic E-state index is 0.240. The number of nitrogens with zero attached hydrogens (tertiary/aromatic N) is 3. The third kappa shape index (κ3) is 2.28. The van der Waals surface area contributed by atoms with E-state index < -0.39 is 0 Å². The van der Waals surface area contributed by atoms with Crippen molar-refractivity contribution in [1.29, 1.82) is 0 Å². The summed E-state index contributed by atoms with van der Waals surface area (Å²) >= 11 is 0. The molecule has 0 aliphatic carbocycles. The van der Waals surface area contributed by atoms with E-state index in [0.29, 0.717) is 5.92 Å². The van der Waals surface area contributed by atoms with Crippen molar-refractivity contribution in [1.82, 2.24) is 14.8 Å². The van der Waals surface area contributed by atoms with E-state index in [2.05, 4.69) is 46.8 Å². The molecule has 19 heavy (non-hydrogen) atoms. The van der Waals surface area contributed by atoms with Crippen molar-refractivity contribution in [2.45, 2.75) is 33.2 Å². The molecule has 0 bridgehead atoms. The quantitative estimate of drug-likeness (QED) is 0.896. The van der Waals surface area contributed by atoms with Crippen LogP contribution in [0.4, 0.5) is 0 Å². The van der Waals surface area contributed by atoms with Crippen molar-refractivity contribution in [3.63, 3.8) is 0 Å². The molecule has 1 aromatic carbocycles. The van der Waals surface area contributed by atoms with Crippen LogP contribution in [0, 0.1) is 19.8 Å². The molecule has 0 saturated heterocycles. The molecule has 100 valence electrons. The first-order chi connectivity index (χ1) is 9.17. The number of aliphatic hydroxyl groups is 1. The molecule has 0 fully saturated rings. The van der Waals surface area contributed by atoms with E-state index in [0.717, 1.165) is 36.6 Å². The fourth-order valence-corrected chi connectivity index (χ4v) is 2.86. The van der Waals surface area contributed by atoms with Gasteiger partial charge in [-0.3, -0.25) is 0 Å².